The third-order valence-electron chi connectivity index (χ3n) is 8.82. The number of Topliss-reactive ketones (excluding diaryl/α,β-unsaturated/α-hetero) is 1. The third-order valence-corrected chi connectivity index (χ3v) is 8.82. The van der Waals surface area contributed by atoms with Gasteiger partial charge in [-0.05, 0) is 68.4 Å². The fraction of sp³-hybridized carbons (Fsp3) is 0.680. The first-order valence-corrected chi connectivity index (χ1v) is 11.0. The quantitative estimate of drug-likeness (QED) is 0.411. The van der Waals surface area contributed by atoms with Crippen molar-refractivity contribution in [3.8, 4) is 0 Å². The lowest BCUT2D eigenvalue weighted by molar-refractivity contribution is -0.201. The Morgan fingerprint density at radius 2 is 1.90 bits per heavy atom. The zero-order valence-electron chi connectivity index (χ0n) is 19.0. The molecule has 164 valence electrons. The standard InChI is InChI=1S/C25H34O5/c1-8-12(2)22(28)30-21-14(4)11-24-15(5)10-17-18(23(17,6)7)16(20(24)27)9-13(3)19(26)25(21,24)29/h8-9,11,15-19,21,26,29H,10H2,1-7H3/b12-8-/t15-,16?,17?,18-,19?,21?,24?,25?/m1/s1. The van der Waals surface area contributed by atoms with E-state index in [4.69, 9.17) is 4.74 Å². The molecule has 2 fully saturated rings. The number of fused-ring (bicyclic) bond motifs is 3. The van der Waals surface area contributed by atoms with Gasteiger partial charge >= 0.3 is 5.97 Å². The molecule has 8 atom stereocenters. The van der Waals surface area contributed by atoms with E-state index in [1.54, 1.807) is 33.8 Å². The molecular formula is C25H34O5. The van der Waals surface area contributed by atoms with E-state index in [9.17, 15) is 19.8 Å². The van der Waals surface area contributed by atoms with E-state index in [-0.39, 0.29) is 29.0 Å². The SMILES string of the molecule is C/C=C(/C)C(=O)OC1C(C)=CC23C(=O)C(C=C(C)C(O)C12O)[C@@H]1C(C[C@H]3C)C1(C)C. The van der Waals surface area contributed by atoms with E-state index in [0.29, 0.717) is 22.6 Å². The van der Waals surface area contributed by atoms with Gasteiger partial charge in [0.1, 0.15) is 6.10 Å². The first-order chi connectivity index (χ1) is 13.9. The second-order valence-electron chi connectivity index (χ2n) is 10.6. The molecule has 4 aliphatic rings. The fourth-order valence-corrected chi connectivity index (χ4v) is 6.89. The van der Waals surface area contributed by atoms with Crippen molar-refractivity contribution in [3.05, 3.63) is 34.9 Å². The van der Waals surface area contributed by atoms with Gasteiger partial charge in [0, 0.05) is 11.5 Å². The van der Waals surface area contributed by atoms with Crippen molar-refractivity contribution >= 4 is 11.8 Å². The summed E-state index contributed by atoms with van der Waals surface area (Å²) in [5.41, 5.74) is -1.53. The maximum atomic E-state index is 14.1. The van der Waals surface area contributed by atoms with Crippen molar-refractivity contribution in [2.24, 2.45) is 34.5 Å². The van der Waals surface area contributed by atoms with Crippen LogP contribution in [0, 0.1) is 34.5 Å². The van der Waals surface area contributed by atoms with Gasteiger partial charge in [-0.25, -0.2) is 4.79 Å². The molecule has 4 rings (SSSR count). The molecule has 0 aromatic heterocycles. The van der Waals surface area contributed by atoms with Crippen molar-refractivity contribution in [1.29, 1.82) is 0 Å². The average Bonchev–Trinajstić information content (AvgIpc) is 3.17. The topological polar surface area (TPSA) is 83.8 Å². The van der Waals surface area contributed by atoms with Crippen LogP contribution in [-0.2, 0) is 14.3 Å². The molecule has 30 heavy (non-hydrogen) atoms. The molecule has 0 aromatic rings. The molecule has 5 nitrogen and oxygen atoms in total. The fourth-order valence-electron chi connectivity index (χ4n) is 6.89. The number of hydrogen-bond donors (Lipinski definition) is 2. The minimum absolute atomic E-state index is 0.0490. The van der Waals surface area contributed by atoms with E-state index in [1.165, 1.54) is 0 Å². The molecule has 2 N–H and O–H groups in total. The van der Waals surface area contributed by atoms with Crippen LogP contribution in [0.1, 0.15) is 54.9 Å². The summed E-state index contributed by atoms with van der Waals surface area (Å²) in [6.45, 7) is 13.3. The van der Waals surface area contributed by atoms with Gasteiger partial charge in [0.05, 0.1) is 5.41 Å². The molecule has 0 heterocycles. The number of allylic oxidation sites excluding steroid dienone is 2. The van der Waals surface area contributed by atoms with Crippen molar-refractivity contribution in [1.82, 2.24) is 0 Å². The first kappa shape index (κ1) is 21.5. The normalized spacial score (nSPS) is 46.7. The Morgan fingerprint density at radius 3 is 2.50 bits per heavy atom. The predicted octanol–water partition coefficient (Wildman–Crippen LogP) is 3.36. The lowest BCUT2D eigenvalue weighted by Gasteiger charge is -2.48. The molecule has 6 unspecified atom stereocenters. The van der Waals surface area contributed by atoms with E-state index < -0.39 is 29.2 Å². The molecule has 2 bridgehead atoms. The summed E-state index contributed by atoms with van der Waals surface area (Å²) in [6, 6.07) is 0. The second kappa shape index (κ2) is 6.39. The molecule has 1 spiro atoms. The number of aliphatic hydroxyl groups excluding tert-OH is 1. The summed E-state index contributed by atoms with van der Waals surface area (Å²) >= 11 is 0. The van der Waals surface area contributed by atoms with Gasteiger partial charge in [-0.3, -0.25) is 4.79 Å². The predicted molar refractivity (Wildman–Crippen MR) is 113 cm³/mol. The van der Waals surface area contributed by atoms with Crippen molar-refractivity contribution in [2.45, 2.75) is 72.7 Å². The van der Waals surface area contributed by atoms with E-state index in [1.807, 2.05) is 19.1 Å². The monoisotopic (exact) mass is 414 g/mol. The largest absolute Gasteiger partial charge is 0.451 e. The van der Waals surface area contributed by atoms with Gasteiger partial charge in [0.15, 0.2) is 17.5 Å². The van der Waals surface area contributed by atoms with Crippen molar-refractivity contribution < 1.29 is 24.5 Å². The number of ketones is 1. The van der Waals surface area contributed by atoms with Gasteiger partial charge in [0.25, 0.3) is 0 Å². The first-order valence-electron chi connectivity index (χ1n) is 11.0. The number of aliphatic hydroxyl groups is 2. The molecule has 0 aliphatic heterocycles. The van der Waals surface area contributed by atoms with Crippen LogP contribution in [0.2, 0.25) is 0 Å². The summed E-state index contributed by atoms with van der Waals surface area (Å²) < 4.78 is 5.76. The number of rotatable bonds is 2. The summed E-state index contributed by atoms with van der Waals surface area (Å²) in [4.78, 5) is 26.7. The van der Waals surface area contributed by atoms with Crippen LogP contribution in [0.25, 0.3) is 0 Å². The van der Waals surface area contributed by atoms with Crippen LogP contribution >= 0.6 is 0 Å². The lowest BCUT2D eigenvalue weighted by Crippen LogP contribution is -2.65. The third kappa shape index (κ3) is 2.36. The zero-order valence-corrected chi connectivity index (χ0v) is 19.0. The summed E-state index contributed by atoms with van der Waals surface area (Å²) in [7, 11) is 0. The van der Waals surface area contributed by atoms with Crippen LogP contribution in [0.15, 0.2) is 34.9 Å². The summed E-state index contributed by atoms with van der Waals surface area (Å²) in [5.74, 6) is -0.541. The smallest absolute Gasteiger partial charge is 0.334 e. The molecule has 0 aromatic carbocycles. The van der Waals surface area contributed by atoms with Gasteiger partial charge in [-0.15, -0.1) is 0 Å². The highest BCUT2D eigenvalue weighted by Crippen LogP contribution is 2.71. The highest BCUT2D eigenvalue weighted by molar-refractivity contribution is 5.95. The van der Waals surface area contributed by atoms with Gasteiger partial charge < -0.3 is 14.9 Å². The number of carbonyl (C=O) groups excluding carboxylic acids is 2. The van der Waals surface area contributed by atoms with Crippen LogP contribution in [0.5, 0.6) is 0 Å². The Hall–Kier alpha value is -1.72. The molecule has 0 amide bonds. The number of hydrogen-bond acceptors (Lipinski definition) is 5. The molecule has 0 saturated heterocycles. The average molecular weight is 415 g/mol. The molecule has 4 aliphatic carbocycles. The number of carbonyl (C=O) groups is 2. The lowest BCUT2D eigenvalue weighted by atomic mass is 9.59. The van der Waals surface area contributed by atoms with E-state index >= 15 is 0 Å². The maximum absolute atomic E-state index is 14.1. The maximum Gasteiger partial charge on any atom is 0.334 e. The van der Waals surface area contributed by atoms with Crippen LogP contribution in [-0.4, -0.2) is 39.8 Å². The summed E-state index contributed by atoms with van der Waals surface area (Å²) in [5, 5.41) is 23.6. The number of esters is 1. The Balaban J connectivity index is 1.89. The molecule has 2 saturated carbocycles. The summed E-state index contributed by atoms with van der Waals surface area (Å²) in [6.07, 6.45) is 3.74. The zero-order chi connectivity index (χ0) is 22.4. The van der Waals surface area contributed by atoms with Gasteiger partial charge in [-0.2, -0.15) is 0 Å². The highest BCUT2D eigenvalue weighted by Gasteiger charge is 2.76. The minimum atomic E-state index is -1.92. The molecule has 0 radical (unpaired) electrons. The van der Waals surface area contributed by atoms with E-state index in [2.05, 4.69) is 13.8 Å². The van der Waals surface area contributed by atoms with Crippen molar-refractivity contribution in [3.63, 3.8) is 0 Å². The Labute approximate surface area is 178 Å². The highest BCUT2D eigenvalue weighted by atomic mass is 16.6. The second-order valence-corrected chi connectivity index (χ2v) is 10.6. The Kier molecular flexibility index (Phi) is 4.58. The minimum Gasteiger partial charge on any atom is -0.451 e. The van der Waals surface area contributed by atoms with Gasteiger partial charge in [-0.1, -0.05) is 39.0 Å². The number of ether oxygens (including phenoxy) is 1. The van der Waals surface area contributed by atoms with Crippen LogP contribution < -0.4 is 0 Å². The van der Waals surface area contributed by atoms with Gasteiger partial charge in [0.2, 0.25) is 0 Å². The van der Waals surface area contributed by atoms with Crippen LogP contribution in [0.3, 0.4) is 0 Å². The Morgan fingerprint density at radius 1 is 1.27 bits per heavy atom. The van der Waals surface area contributed by atoms with Crippen molar-refractivity contribution in [2.75, 3.05) is 0 Å². The molecular weight excluding hydrogens is 380 g/mol. The Bertz CT molecular complexity index is 908. The molecule has 5 heteroatoms. The van der Waals surface area contributed by atoms with Crippen LogP contribution in [0.4, 0.5) is 0 Å². The van der Waals surface area contributed by atoms with E-state index in [0.717, 1.165) is 6.42 Å².